The van der Waals surface area contributed by atoms with Crippen molar-refractivity contribution in [3.05, 3.63) is 12.3 Å². The zero-order chi connectivity index (χ0) is 10.2. The summed E-state index contributed by atoms with van der Waals surface area (Å²) in [5.41, 5.74) is 0. The molecule has 2 rings (SSSR count). The van der Waals surface area contributed by atoms with Crippen LogP contribution >= 0.6 is 0 Å². The number of nitrogens with zero attached hydrogens (tertiary/aromatic N) is 2. The van der Waals surface area contributed by atoms with Crippen molar-refractivity contribution in [3.8, 4) is 5.88 Å². The molecule has 1 fully saturated rings. The standard InChI is InChI=1S/C8H9F3N2O/c9-8(10,11)5-14-7-3-4-13(12-7)6-1-2-6/h3-4,6H,1-2,5H2. The molecule has 1 aromatic heterocycles. The van der Waals surface area contributed by atoms with Crippen LogP contribution in [0.5, 0.6) is 5.88 Å². The Bertz CT molecular complexity index is 317. The van der Waals surface area contributed by atoms with E-state index in [1.54, 1.807) is 10.9 Å². The van der Waals surface area contributed by atoms with Crippen LogP contribution in [0.15, 0.2) is 12.3 Å². The van der Waals surface area contributed by atoms with Crippen molar-refractivity contribution in [1.29, 1.82) is 0 Å². The minimum Gasteiger partial charge on any atom is -0.467 e. The Hall–Kier alpha value is -1.20. The van der Waals surface area contributed by atoms with E-state index in [2.05, 4.69) is 9.84 Å². The third kappa shape index (κ3) is 2.40. The van der Waals surface area contributed by atoms with Gasteiger partial charge in [-0.2, -0.15) is 13.2 Å². The Morgan fingerprint density at radius 1 is 1.50 bits per heavy atom. The van der Waals surface area contributed by atoms with Gasteiger partial charge in [0.2, 0.25) is 5.88 Å². The molecule has 0 aromatic carbocycles. The fourth-order valence-corrected chi connectivity index (χ4v) is 1.10. The average molecular weight is 206 g/mol. The van der Waals surface area contributed by atoms with Gasteiger partial charge in [-0.1, -0.05) is 0 Å². The van der Waals surface area contributed by atoms with Crippen molar-refractivity contribution in [2.24, 2.45) is 0 Å². The molecule has 0 radical (unpaired) electrons. The first-order valence-corrected chi connectivity index (χ1v) is 4.29. The SMILES string of the molecule is FC(F)(F)COc1ccn(C2CC2)n1. The van der Waals surface area contributed by atoms with Gasteiger partial charge in [-0.25, -0.2) is 0 Å². The van der Waals surface area contributed by atoms with Crippen molar-refractivity contribution >= 4 is 0 Å². The summed E-state index contributed by atoms with van der Waals surface area (Å²) in [7, 11) is 0. The molecule has 1 heterocycles. The molecule has 0 saturated heterocycles. The van der Waals surface area contributed by atoms with Crippen LogP contribution in [0.1, 0.15) is 18.9 Å². The Balaban J connectivity index is 1.90. The minimum absolute atomic E-state index is 0.0363. The summed E-state index contributed by atoms with van der Waals surface area (Å²) < 4.78 is 41.4. The zero-order valence-corrected chi connectivity index (χ0v) is 7.29. The largest absolute Gasteiger partial charge is 0.467 e. The lowest BCUT2D eigenvalue weighted by atomic mass is 10.6. The number of alkyl halides is 3. The Morgan fingerprint density at radius 3 is 2.79 bits per heavy atom. The lowest BCUT2D eigenvalue weighted by Gasteiger charge is -2.05. The fourth-order valence-electron chi connectivity index (χ4n) is 1.10. The molecule has 1 saturated carbocycles. The van der Waals surface area contributed by atoms with Crippen molar-refractivity contribution in [3.63, 3.8) is 0 Å². The maximum absolute atomic E-state index is 11.8. The first-order valence-electron chi connectivity index (χ1n) is 4.29. The highest BCUT2D eigenvalue weighted by Gasteiger charge is 2.29. The zero-order valence-electron chi connectivity index (χ0n) is 7.29. The lowest BCUT2D eigenvalue weighted by molar-refractivity contribution is -0.154. The van der Waals surface area contributed by atoms with Gasteiger partial charge in [-0.05, 0) is 12.8 Å². The summed E-state index contributed by atoms with van der Waals surface area (Å²) in [5, 5.41) is 3.87. The van der Waals surface area contributed by atoms with Gasteiger partial charge in [0.05, 0.1) is 6.04 Å². The third-order valence-electron chi connectivity index (χ3n) is 1.89. The van der Waals surface area contributed by atoms with E-state index in [0.29, 0.717) is 6.04 Å². The molecule has 0 bridgehead atoms. The molecule has 1 aromatic rings. The van der Waals surface area contributed by atoms with Gasteiger partial charge in [-0.3, -0.25) is 4.68 Å². The van der Waals surface area contributed by atoms with Crippen molar-refractivity contribution < 1.29 is 17.9 Å². The Kier molecular flexibility index (Phi) is 2.13. The fraction of sp³-hybridized carbons (Fsp3) is 0.625. The number of hydrogen-bond acceptors (Lipinski definition) is 2. The van der Waals surface area contributed by atoms with Gasteiger partial charge in [0, 0.05) is 12.3 Å². The van der Waals surface area contributed by atoms with Crippen LogP contribution in [0.3, 0.4) is 0 Å². The molecule has 1 aliphatic rings. The molecule has 0 amide bonds. The van der Waals surface area contributed by atoms with Gasteiger partial charge in [-0.15, -0.1) is 5.10 Å². The van der Waals surface area contributed by atoms with E-state index in [1.807, 2.05) is 0 Å². The molecule has 0 unspecified atom stereocenters. The van der Waals surface area contributed by atoms with Gasteiger partial charge < -0.3 is 4.74 Å². The first kappa shape index (κ1) is 9.36. The second kappa shape index (κ2) is 3.18. The van der Waals surface area contributed by atoms with Gasteiger partial charge >= 0.3 is 6.18 Å². The van der Waals surface area contributed by atoms with Crippen LogP contribution in [0.25, 0.3) is 0 Å². The highest BCUT2D eigenvalue weighted by atomic mass is 19.4. The normalized spacial score (nSPS) is 17.1. The van der Waals surface area contributed by atoms with E-state index >= 15 is 0 Å². The molecule has 0 N–H and O–H groups in total. The van der Waals surface area contributed by atoms with E-state index < -0.39 is 12.8 Å². The van der Waals surface area contributed by atoms with Crippen molar-refractivity contribution in [2.45, 2.75) is 25.1 Å². The molecular formula is C8H9F3N2O. The molecule has 3 nitrogen and oxygen atoms in total. The second-order valence-electron chi connectivity index (χ2n) is 3.27. The summed E-state index contributed by atoms with van der Waals surface area (Å²) in [5.74, 6) is 0.0363. The second-order valence-corrected chi connectivity index (χ2v) is 3.27. The Morgan fingerprint density at radius 2 is 2.21 bits per heavy atom. The summed E-state index contributed by atoms with van der Waals surface area (Å²) >= 11 is 0. The summed E-state index contributed by atoms with van der Waals surface area (Å²) in [6.45, 7) is -1.28. The van der Waals surface area contributed by atoms with Crippen LogP contribution < -0.4 is 4.74 Å². The highest BCUT2D eigenvalue weighted by molar-refractivity contribution is 5.07. The number of hydrogen-bond donors (Lipinski definition) is 0. The molecule has 0 spiro atoms. The van der Waals surface area contributed by atoms with E-state index in [0.717, 1.165) is 12.8 Å². The van der Waals surface area contributed by atoms with Gasteiger partial charge in [0.1, 0.15) is 0 Å². The smallest absolute Gasteiger partial charge is 0.422 e. The van der Waals surface area contributed by atoms with Crippen LogP contribution in [-0.4, -0.2) is 22.6 Å². The quantitative estimate of drug-likeness (QED) is 0.757. The number of halogens is 3. The molecule has 1 aliphatic carbocycles. The van der Waals surface area contributed by atoms with Crippen LogP contribution in [-0.2, 0) is 0 Å². The van der Waals surface area contributed by atoms with Crippen molar-refractivity contribution in [1.82, 2.24) is 9.78 Å². The molecule has 6 heteroatoms. The summed E-state index contributed by atoms with van der Waals surface area (Å²) in [6, 6.07) is 1.81. The predicted molar refractivity (Wildman–Crippen MR) is 42.0 cm³/mol. The van der Waals surface area contributed by atoms with Crippen molar-refractivity contribution in [2.75, 3.05) is 6.61 Å². The van der Waals surface area contributed by atoms with Crippen LogP contribution in [0.4, 0.5) is 13.2 Å². The monoisotopic (exact) mass is 206 g/mol. The van der Waals surface area contributed by atoms with E-state index in [9.17, 15) is 13.2 Å². The first-order chi connectivity index (χ1) is 6.54. The molecule has 0 atom stereocenters. The molecule has 0 aliphatic heterocycles. The van der Waals surface area contributed by atoms with Crippen LogP contribution in [0, 0.1) is 0 Å². The third-order valence-corrected chi connectivity index (χ3v) is 1.89. The number of rotatable bonds is 3. The van der Waals surface area contributed by atoms with E-state index in [1.165, 1.54) is 6.07 Å². The number of ether oxygens (including phenoxy) is 1. The maximum atomic E-state index is 11.8. The highest BCUT2D eigenvalue weighted by Crippen LogP contribution is 2.34. The van der Waals surface area contributed by atoms with Gasteiger partial charge in [0.15, 0.2) is 6.61 Å². The van der Waals surface area contributed by atoms with E-state index in [4.69, 9.17) is 0 Å². The molecular weight excluding hydrogens is 197 g/mol. The lowest BCUT2D eigenvalue weighted by Crippen LogP contribution is -2.19. The molecule has 78 valence electrons. The summed E-state index contributed by atoms with van der Waals surface area (Å²) in [4.78, 5) is 0. The van der Waals surface area contributed by atoms with Gasteiger partial charge in [0.25, 0.3) is 0 Å². The summed E-state index contributed by atoms with van der Waals surface area (Å²) in [6.07, 6.45) is -0.576. The average Bonchev–Trinajstić information content (AvgIpc) is 2.81. The van der Waals surface area contributed by atoms with Crippen LogP contribution in [0.2, 0.25) is 0 Å². The van der Waals surface area contributed by atoms with E-state index in [-0.39, 0.29) is 5.88 Å². The molecule has 14 heavy (non-hydrogen) atoms. The predicted octanol–water partition coefficient (Wildman–Crippen LogP) is 2.16. The minimum atomic E-state index is -4.30. The maximum Gasteiger partial charge on any atom is 0.422 e. The topological polar surface area (TPSA) is 27.1 Å². The Labute approximate surface area is 78.5 Å². The number of aromatic nitrogens is 2.